The fourth-order valence-electron chi connectivity index (χ4n) is 3.07. The Morgan fingerprint density at radius 2 is 1.96 bits per heavy atom. The van der Waals surface area contributed by atoms with Crippen LogP contribution in [-0.4, -0.2) is 58.1 Å². The average Bonchev–Trinajstić information content (AvgIpc) is 3.17. The Hall–Kier alpha value is -2.35. The molecule has 4 heterocycles. The lowest BCUT2D eigenvalue weighted by Gasteiger charge is -2.31. The summed E-state index contributed by atoms with van der Waals surface area (Å²) in [6, 6.07) is 0.613. The molecule has 0 radical (unpaired) electrons. The summed E-state index contributed by atoms with van der Waals surface area (Å²) in [6.07, 6.45) is 3.10. The standard InChI is InChI=1S/C16H23N7O/c1-3-4-5-10-18-11-12(19-10)14(17)20-15-13(11)24-16(21-15)23-8-6-22(2)7-9-23/h3-9H2,1-2H3,(H2,17,20)(H,18,19). The van der Waals surface area contributed by atoms with Gasteiger partial charge in [0.25, 0.3) is 6.01 Å². The van der Waals surface area contributed by atoms with Crippen LogP contribution in [0.5, 0.6) is 0 Å². The number of nitrogens with zero attached hydrogens (tertiary/aromatic N) is 5. The molecule has 8 heteroatoms. The molecule has 4 rings (SSSR count). The number of aromatic nitrogens is 4. The van der Waals surface area contributed by atoms with Crippen molar-refractivity contribution in [1.29, 1.82) is 0 Å². The molecule has 1 fully saturated rings. The van der Waals surface area contributed by atoms with E-state index in [1.54, 1.807) is 0 Å². The number of fused-ring (bicyclic) bond motifs is 3. The Morgan fingerprint density at radius 3 is 2.71 bits per heavy atom. The molecule has 3 aromatic rings. The molecule has 0 spiro atoms. The SMILES string of the molecule is CCCCc1nc2c(N)nc3nc(N4CCN(C)CC4)oc3c2[nH]1. The monoisotopic (exact) mass is 329 g/mol. The molecular weight excluding hydrogens is 306 g/mol. The molecule has 0 amide bonds. The fraction of sp³-hybridized carbons (Fsp3) is 0.562. The average molecular weight is 329 g/mol. The summed E-state index contributed by atoms with van der Waals surface area (Å²) >= 11 is 0. The summed E-state index contributed by atoms with van der Waals surface area (Å²) in [7, 11) is 2.12. The van der Waals surface area contributed by atoms with Gasteiger partial charge in [0.2, 0.25) is 11.2 Å². The van der Waals surface area contributed by atoms with E-state index in [1.165, 1.54) is 0 Å². The van der Waals surface area contributed by atoms with Crippen molar-refractivity contribution in [3.63, 3.8) is 0 Å². The van der Waals surface area contributed by atoms with E-state index in [-0.39, 0.29) is 0 Å². The Kier molecular flexibility index (Phi) is 3.76. The number of piperazine rings is 1. The summed E-state index contributed by atoms with van der Waals surface area (Å²) in [5.41, 5.74) is 8.74. The van der Waals surface area contributed by atoms with Crippen LogP contribution in [0.3, 0.4) is 0 Å². The van der Waals surface area contributed by atoms with Crippen molar-refractivity contribution in [2.45, 2.75) is 26.2 Å². The number of anilines is 2. The molecule has 1 aliphatic rings. The predicted octanol–water partition coefficient (Wildman–Crippen LogP) is 1.78. The van der Waals surface area contributed by atoms with Crippen molar-refractivity contribution in [3.05, 3.63) is 5.82 Å². The second-order valence-corrected chi connectivity index (χ2v) is 6.45. The molecular formula is C16H23N7O. The molecule has 0 saturated carbocycles. The van der Waals surface area contributed by atoms with Gasteiger partial charge in [-0.25, -0.2) is 9.97 Å². The van der Waals surface area contributed by atoms with Gasteiger partial charge in [-0.15, -0.1) is 0 Å². The van der Waals surface area contributed by atoms with Crippen LogP contribution < -0.4 is 10.6 Å². The molecule has 3 N–H and O–H groups in total. The maximum atomic E-state index is 6.07. The van der Waals surface area contributed by atoms with E-state index in [1.807, 2.05) is 0 Å². The zero-order valence-corrected chi connectivity index (χ0v) is 14.2. The Labute approximate surface area is 140 Å². The predicted molar refractivity (Wildman–Crippen MR) is 94.2 cm³/mol. The van der Waals surface area contributed by atoms with Gasteiger partial charge in [-0.3, -0.25) is 0 Å². The van der Waals surface area contributed by atoms with Crippen LogP contribution in [0.4, 0.5) is 11.8 Å². The van der Waals surface area contributed by atoms with Gasteiger partial charge in [0.1, 0.15) is 16.9 Å². The van der Waals surface area contributed by atoms with Crippen molar-refractivity contribution >= 4 is 34.1 Å². The van der Waals surface area contributed by atoms with Gasteiger partial charge >= 0.3 is 0 Å². The van der Waals surface area contributed by atoms with Gasteiger partial charge in [0.15, 0.2) is 5.82 Å². The van der Waals surface area contributed by atoms with Crippen molar-refractivity contribution < 1.29 is 4.42 Å². The minimum Gasteiger partial charge on any atom is -0.419 e. The van der Waals surface area contributed by atoms with Crippen LogP contribution in [0.25, 0.3) is 22.3 Å². The van der Waals surface area contributed by atoms with E-state index in [9.17, 15) is 0 Å². The Balaban J connectivity index is 1.75. The number of nitrogens with one attached hydrogen (secondary N) is 1. The van der Waals surface area contributed by atoms with Crippen molar-refractivity contribution in [1.82, 2.24) is 24.8 Å². The molecule has 0 unspecified atom stereocenters. The van der Waals surface area contributed by atoms with E-state index in [4.69, 9.17) is 10.2 Å². The number of hydrogen-bond acceptors (Lipinski definition) is 7. The summed E-state index contributed by atoms with van der Waals surface area (Å²) in [5, 5.41) is 0. The number of oxazole rings is 1. The number of hydrogen-bond donors (Lipinski definition) is 2. The van der Waals surface area contributed by atoms with Gasteiger partial charge in [0, 0.05) is 32.6 Å². The molecule has 3 aromatic heterocycles. The van der Waals surface area contributed by atoms with Gasteiger partial charge in [-0.1, -0.05) is 13.3 Å². The summed E-state index contributed by atoms with van der Waals surface area (Å²) in [5.74, 6) is 1.32. The molecule has 8 nitrogen and oxygen atoms in total. The molecule has 24 heavy (non-hydrogen) atoms. The van der Waals surface area contributed by atoms with Crippen LogP contribution in [0, 0.1) is 0 Å². The number of likely N-dealkylation sites (N-methyl/N-ethyl adjacent to an activating group) is 1. The second-order valence-electron chi connectivity index (χ2n) is 6.45. The molecule has 1 aliphatic heterocycles. The van der Waals surface area contributed by atoms with Crippen LogP contribution in [0.15, 0.2) is 4.42 Å². The minimum absolute atomic E-state index is 0.398. The lowest BCUT2D eigenvalue weighted by Crippen LogP contribution is -2.44. The smallest absolute Gasteiger partial charge is 0.300 e. The number of aryl methyl sites for hydroxylation is 1. The molecule has 0 aliphatic carbocycles. The van der Waals surface area contributed by atoms with Crippen molar-refractivity contribution in [2.24, 2.45) is 0 Å². The molecule has 0 atom stereocenters. The Bertz CT molecular complexity index is 860. The highest BCUT2D eigenvalue weighted by molar-refractivity contribution is 6.02. The zero-order valence-electron chi connectivity index (χ0n) is 14.2. The first-order valence-corrected chi connectivity index (χ1v) is 8.53. The van der Waals surface area contributed by atoms with Crippen LogP contribution in [0.2, 0.25) is 0 Å². The van der Waals surface area contributed by atoms with Crippen molar-refractivity contribution in [2.75, 3.05) is 43.9 Å². The van der Waals surface area contributed by atoms with Gasteiger partial charge < -0.3 is 24.9 Å². The number of imidazole rings is 1. The second kappa shape index (κ2) is 5.94. The zero-order chi connectivity index (χ0) is 16.7. The Morgan fingerprint density at radius 1 is 1.17 bits per heavy atom. The number of nitrogen functional groups attached to an aromatic ring is 1. The number of unbranched alkanes of at least 4 members (excludes halogenated alkanes) is 1. The van der Waals surface area contributed by atoms with E-state index in [2.05, 4.69) is 43.7 Å². The van der Waals surface area contributed by atoms with Crippen LogP contribution in [0.1, 0.15) is 25.6 Å². The van der Waals surface area contributed by atoms with Gasteiger partial charge in [0.05, 0.1) is 0 Å². The van der Waals surface area contributed by atoms with Crippen LogP contribution >= 0.6 is 0 Å². The molecule has 0 bridgehead atoms. The van der Waals surface area contributed by atoms with Gasteiger partial charge in [-0.05, 0) is 13.5 Å². The highest BCUT2D eigenvalue weighted by atomic mass is 16.4. The maximum absolute atomic E-state index is 6.07. The minimum atomic E-state index is 0.398. The third-order valence-electron chi connectivity index (χ3n) is 4.59. The lowest BCUT2D eigenvalue weighted by atomic mass is 10.2. The number of nitrogens with two attached hydrogens (primary N) is 1. The van der Waals surface area contributed by atoms with E-state index >= 15 is 0 Å². The third-order valence-corrected chi connectivity index (χ3v) is 4.59. The van der Waals surface area contributed by atoms with Crippen LogP contribution in [-0.2, 0) is 6.42 Å². The van der Waals surface area contributed by atoms with Gasteiger partial charge in [-0.2, -0.15) is 4.98 Å². The normalized spacial score (nSPS) is 16.5. The topological polar surface area (TPSA) is 100 Å². The number of pyridine rings is 1. The fourth-order valence-corrected chi connectivity index (χ4v) is 3.07. The first-order chi connectivity index (χ1) is 11.7. The lowest BCUT2D eigenvalue weighted by molar-refractivity contribution is 0.306. The maximum Gasteiger partial charge on any atom is 0.300 e. The third kappa shape index (κ3) is 2.56. The quantitative estimate of drug-likeness (QED) is 0.752. The molecule has 0 aromatic carbocycles. The first-order valence-electron chi connectivity index (χ1n) is 8.53. The molecule has 1 saturated heterocycles. The highest BCUT2D eigenvalue weighted by Crippen LogP contribution is 2.30. The summed E-state index contributed by atoms with van der Waals surface area (Å²) < 4.78 is 6.04. The summed E-state index contributed by atoms with van der Waals surface area (Å²) in [6.45, 7) is 5.94. The van der Waals surface area contributed by atoms with Crippen molar-refractivity contribution in [3.8, 4) is 0 Å². The molecule has 128 valence electrons. The summed E-state index contributed by atoms with van der Waals surface area (Å²) in [4.78, 5) is 21.3. The highest BCUT2D eigenvalue weighted by Gasteiger charge is 2.22. The number of H-pyrrole nitrogens is 1. The first kappa shape index (κ1) is 15.2. The number of aromatic amines is 1. The largest absolute Gasteiger partial charge is 0.419 e. The van der Waals surface area contributed by atoms with E-state index in [0.717, 1.165) is 56.8 Å². The van der Waals surface area contributed by atoms with E-state index in [0.29, 0.717) is 28.6 Å². The number of rotatable bonds is 4. The van der Waals surface area contributed by atoms with E-state index < -0.39 is 0 Å².